The fraction of sp³-hybridized carbons (Fsp3) is 0.375. The fourth-order valence-electron chi connectivity index (χ4n) is 2.22. The third kappa shape index (κ3) is 4.53. The molecule has 4 heteroatoms. The van der Waals surface area contributed by atoms with Crippen LogP contribution in [0.4, 0.5) is 0 Å². The van der Waals surface area contributed by atoms with Crippen LogP contribution in [0.2, 0.25) is 0 Å². The zero-order valence-electron chi connectivity index (χ0n) is 12.1. The number of nitrogens with one attached hydrogen (secondary N) is 1. The van der Waals surface area contributed by atoms with Crippen molar-refractivity contribution in [3.8, 4) is 0 Å². The first-order valence-corrected chi connectivity index (χ1v) is 6.79. The monoisotopic (exact) mass is 273 g/mol. The van der Waals surface area contributed by atoms with Crippen LogP contribution in [0.15, 0.2) is 47.7 Å². The Hall–Kier alpha value is -2.10. The molecule has 0 fully saturated rings. The maximum atomic E-state index is 10.4. The maximum absolute atomic E-state index is 10.4. The summed E-state index contributed by atoms with van der Waals surface area (Å²) in [5.74, 6) is 0.444. The summed E-state index contributed by atoms with van der Waals surface area (Å²) >= 11 is 0. The van der Waals surface area contributed by atoms with Gasteiger partial charge in [0.05, 0.1) is 0 Å². The fourth-order valence-corrected chi connectivity index (χ4v) is 2.22. The molecule has 0 spiro atoms. The van der Waals surface area contributed by atoms with Gasteiger partial charge in [-0.1, -0.05) is 24.3 Å². The SMILES string of the molecule is C=C/C(=C\C1=C(C)CN(C(=N)C=CN)CC1)CCC=O. The van der Waals surface area contributed by atoms with Crippen LogP contribution in [0.25, 0.3) is 0 Å². The van der Waals surface area contributed by atoms with Gasteiger partial charge in [-0.05, 0) is 43.2 Å². The van der Waals surface area contributed by atoms with Crippen molar-refractivity contribution in [1.82, 2.24) is 4.90 Å². The first kappa shape index (κ1) is 16.0. The van der Waals surface area contributed by atoms with Crippen LogP contribution in [0, 0.1) is 5.41 Å². The van der Waals surface area contributed by atoms with E-state index in [4.69, 9.17) is 11.1 Å². The summed E-state index contributed by atoms with van der Waals surface area (Å²) in [5, 5.41) is 7.87. The van der Waals surface area contributed by atoms with E-state index in [-0.39, 0.29) is 0 Å². The Kier molecular flexibility index (Phi) is 6.50. The number of hydrogen-bond donors (Lipinski definition) is 2. The molecular formula is C16H23N3O. The highest BCUT2D eigenvalue weighted by molar-refractivity contribution is 5.90. The van der Waals surface area contributed by atoms with Gasteiger partial charge in [0.25, 0.3) is 0 Å². The summed E-state index contributed by atoms with van der Waals surface area (Å²) in [6.07, 6.45) is 10.0. The van der Waals surface area contributed by atoms with Crippen LogP contribution in [-0.4, -0.2) is 30.1 Å². The van der Waals surface area contributed by atoms with Gasteiger partial charge in [-0.2, -0.15) is 0 Å². The van der Waals surface area contributed by atoms with Crippen molar-refractivity contribution in [3.63, 3.8) is 0 Å². The number of hydrogen-bond acceptors (Lipinski definition) is 3. The molecule has 0 amide bonds. The molecule has 0 aromatic rings. The molecule has 0 aliphatic carbocycles. The highest BCUT2D eigenvalue weighted by atomic mass is 16.1. The molecule has 0 atom stereocenters. The average Bonchev–Trinajstić information content (AvgIpc) is 2.45. The molecule has 0 aromatic heterocycles. The Balaban J connectivity index is 2.79. The summed E-state index contributed by atoms with van der Waals surface area (Å²) < 4.78 is 0. The second kappa shape index (κ2) is 8.15. The molecule has 108 valence electrons. The quantitative estimate of drug-likeness (QED) is 0.338. The Bertz CT molecular complexity index is 472. The number of nitrogens with zero attached hydrogens (tertiary/aromatic N) is 1. The zero-order chi connectivity index (χ0) is 15.0. The number of aldehydes is 1. The minimum Gasteiger partial charge on any atom is -0.404 e. The van der Waals surface area contributed by atoms with Crippen LogP contribution >= 0.6 is 0 Å². The Labute approximate surface area is 120 Å². The Morgan fingerprint density at radius 1 is 1.55 bits per heavy atom. The van der Waals surface area contributed by atoms with Gasteiger partial charge in [0.2, 0.25) is 0 Å². The normalized spacial score (nSPS) is 16.6. The van der Waals surface area contributed by atoms with Gasteiger partial charge in [0.15, 0.2) is 0 Å². The molecule has 20 heavy (non-hydrogen) atoms. The van der Waals surface area contributed by atoms with Crippen LogP contribution in [0.1, 0.15) is 26.2 Å². The average molecular weight is 273 g/mol. The Morgan fingerprint density at radius 3 is 2.85 bits per heavy atom. The molecule has 0 unspecified atom stereocenters. The molecule has 1 rings (SSSR count). The van der Waals surface area contributed by atoms with Crippen molar-refractivity contribution in [2.45, 2.75) is 26.2 Å². The van der Waals surface area contributed by atoms with Gasteiger partial charge in [-0.3, -0.25) is 5.41 Å². The molecule has 4 nitrogen and oxygen atoms in total. The van der Waals surface area contributed by atoms with Crippen LogP contribution in [-0.2, 0) is 4.79 Å². The van der Waals surface area contributed by atoms with Gasteiger partial charge < -0.3 is 15.4 Å². The molecule has 0 aromatic carbocycles. The van der Waals surface area contributed by atoms with E-state index in [1.165, 1.54) is 17.3 Å². The number of carbonyl (C=O) groups is 1. The van der Waals surface area contributed by atoms with E-state index in [9.17, 15) is 4.79 Å². The van der Waals surface area contributed by atoms with E-state index in [0.29, 0.717) is 12.3 Å². The van der Waals surface area contributed by atoms with E-state index in [1.807, 2.05) is 11.0 Å². The molecule has 1 aliphatic heterocycles. The Morgan fingerprint density at radius 2 is 2.30 bits per heavy atom. The lowest BCUT2D eigenvalue weighted by Gasteiger charge is -2.30. The summed E-state index contributed by atoms with van der Waals surface area (Å²) in [4.78, 5) is 12.4. The standard InChI is InChI=1S/C16H23N3O/c1-3-14(5-4-10-20)11-15-7-9-19(12-13(15)2)16(18)6-8-17/h3,6,8,10-11,18H,1,4-5,7,9,12,17H2,2H3/b8-6?,14-11+,18-16?. The summed E-state index contributed by atoms with van der Waals surface area (Å²) in [6.45, 7) is 7.43. The highest BCUT2D eigenvalue weighted by Gasteiger charge is 2.16. The van der Waals surface area contributed by atoms with E-state index in [2.05, 4.69) is 19.6 Å². The maximum Gasteiger partial charge on any atom is 0.122 e. The minimum atomic E-state index is 0.444. The van der Waals surface area contributed by atoms with Gasteiger partial charge >= 0.3 is 0 Å². The molecule has 1 aliphatic rings. The lowest BCUT2D eigenvalue weighted by molar-refractivity contribution is -0.107. The lowest BCUT2D eigenvalue weighted by Crippen LogP contribution is -2.35. The molecule has 0 bridgehead atoms. The van der Waals surface area contributed by atoms with Crippen LogP contribution in [0.3, 0.4) is 0 Å². The van der Waals surface area contributed by atoms with E-state index < -0.39 is 0 Å². The number of nitrogens with two attached hydrogens (primary N) is 1. The first-order chi connectivity index (χ1) is 9.62. The van der Waals surface area contributed by atoms with Crippen molar-refractivity contribution < 1.29 is 4.79 Å². The van der Waals surface area contributed by atoms with Crippen molar-refractivity contribution in [1.29, 1.82) is 5.41 Å². The molecule has 0 radical (unpaired) electrons. The zero-order valence-corrected chi connectivity index (χ0v) is 12.1. The van der Waals surface area contributed by atoms with E-state index in [0.717, 1.165) is 37.8 Å². The van der Waals surface area contributed by atoms with Crippen molar-refractivity contribution in [2.75, 3.05) is 13.1 Å². The second-order valence-corrected chi connectivity index (χ2v) is 4.85. The molecule has 1 heterocycles. The minimum absolute atomic E-state index is 0.444. The van der Waals surface area contributed by atoms with Gasteiger partial charge in [-0.25, -0.2) is 0 Å². The lowest BCUT2D eigenvalue weighted by atomic mass is 9.97. The number of rotatable bonds is 6. The summed E-state index contributed by atoms with van der Waals surface area (Å²) in [7, 11) is 0. The summed E-state index contributed by atoms with van der Waals surface area (Å²) in [6, 6.07) is 0. The summed E-state index contributed by atoms with van der Waals surface area (Å²) in [5.41, 5.74) is 8.94. The molecule has 0 saturated carbocycles. The van der Waals surface area contributed by atoms with Crippen LogP contribution in [0.5, 0.6) is 0 Å². The van der Waals surface area contributed by atoms with Crippen molar-refractivity contribution >= 4 is 12.1 Å². The van der Waals surface area contributed by atoms with Gasteiger partial charge in [-0.15, -0.1) is 0 Å². The molecule has 3 N–H and O–H groups in total. The number of amidine groups is 1. The number of allylic oxidation sites excluding steroid dienone is 3. The van der Waals surface area contributed by atoms with Gasteiger partial charge in [0, 0.05) is 19.5 Å². The highest BCUT2D eigenvalue weighted by Crippen LogP contribution is 2.22. The van der Waals surface area contributed by atoms with Crippen molar-refractivity contribution in [3.05, 3.63) is 47.7 Å². The smallest absolute Gasteiger partial charge is 0.122 e. The number of carbonyl (C=O) groups excluding carboxylic acids is 1. The molecule has 0 saturated heterocycles. The topological polar surface area (TPSA) is 70.2 Å². The first-order valence-electron chi connectivity index (χ1n) is 6.79. The van der Waals surface area contributed by atoms with Crippen LogP contribution < -0.4 is 5.73 Å². The predicted molar refractivity (Wildman–Crippen MR) is 83.5 cm³/mol. The third-order valence-electron chi connectivity index (χ3n) is 3.39. The van der Waals surface area contributed by atoms with Crippen molar-refractivity contribution in [2.24, 2.45) is 5.73 Å². The second-order valence-electron chi connectivity index (χ2n) is 4.85. The van der Waals surface area contributed by atoms with E-state index in [1.54, 1.807) is 6.08 Å². The van der Waals surface area contributed by atoms with Gasteiger partial charge in [0.1, 0.15) is 12.1 Å². The largest absolute Gasteiger partial charge is 0.404 e. The third-order valence-corrected chi connectivity index (χ3v) is 3.39. The molecular weight excluding hydrogens is 250 g/mol. The predicted octanol–water partition coefficient (Wildman–Crippen LogP) is 2.55. The van der Waals surface area contributed by atoms with E-state index >= 15 is 0 Å².